The fourth-order valence-electron chi connectivity index (χ4n) is 2.20. The molecule has 0 amide bonds. The Hall–Kier alpha value is -3.94. The molecule has 0 bridgehead atoms. The number of hydrogen-bond acceptors (Lipinski definition) is 7. The van der Waals surface area contributed by atoms with Gasteiger partial charge in [-0.2, -0.15) is 5.10 Å². The third-order valence-electron chi connectivity index (χ3n) is 3.51. The van der Waals surface area contributed by atoms with Crippen LogP contribution in [-0.2, 0) is 0 Å². The summed E-state index contributed by atoms with van der Waals surface area (Å²) in [5.41, 5.74) is 4.51. The molecule has 0 saturated carbocycles. The van der Waals surface area contributed by atoms with E-state index in [1.165, 1.54) is 19.2 Å². The number of aromatic nitrogens is 1. The Labute approximate surface area is 155 Å². The fourth-order valence-corrected chi connectivity index (χ4v) is 2.20. The first-order valence-corrected chi connectivity index (χ1v) is 7.96. The summed E-state index contributed by atoms with van der Waals surface area (Å²) in [5.74, 6) is 1.15. The third-order valence-corrected chi connectivity index (χ3v) is 3.51. The second-order valence-corrected chi connectivity index (χ2v) is 5.36. The summed E-state index contributed by atoms with van der Waals surface area (Å²) in [6.45, 7) is 0. The SMILES string of the molecule is COc1cc(/C=N\Nc2ccccc2)ccc1Oc1ccc([N+](=O)[O-])cn1. The van der Waals surface area contributed by atoms with Crippen LogP contribution in [0, 0.1) is 10.1 Å². The number of para-hydroxylation sites is 1. The molecule has 136 valence electrons. The predicted molar refractivity (Wildman–Crippen MR) is 102 cm³/mol. The number of methoxy groups -OCH3 is 1. The predicted octanol–water partition coefficient (Wildman–Crippen LogP) is 4.24. The van der Waals surface area contributed by atoms with Crippen molar-refractivity contribution in [2.24, 2.45) is 5.10 Å². The van der Waals surface area contributed by atoms with Gasteiger partial charge in [-0.15, -0.1) is 0 Å². The highest BCUT2D eigenvalue weighted by atomic mass is 16.6. The van der Waals surface area contributed by atoms with E-state index in [1.807, 2.05) is 30.3 Å². The van der Waals surface area contributed by atoms with Crippen LogP contribution in [-0.4, -0.2) is 23.2 Å². The van der Waals surface area contributed by atoms with Gasteiger partial charge in [-0.1, -0.05) is 18.2 Å². The smallest absolute Gasteiger partial charge is 0.287 e. The van der Waals surface area contributed by atoms with Gasteiger partial charge in [0.2, 0.25) is 5.88 Å². The van der Waals surface area contributed by atoms with Gasteiger partial charge >= 0.3 is 0 Å². The molecule has 1 aromatic heterocycles. The minimum Gasteiger partial charge on any atom is -0.493 e. The van der Waals surface area contributed by atoms with E-state index in [9.17, 15) is 10.1 Å². The Bertz CT molecular complexity index is 944. The van der Waals surface area contributed by atoms with E-state index in [2.05, 4.69) is 15.5 Å². The van der Waals surface area contributed by atoms with Crippen LogP contribution < -0.4 is 14.9 Å². The molecule has 0 saturated heterocycles. The van der Waals surface area contributed by atoms with Gasteiger partial charge in [0.05, 0.1) is 23.9 Å². The zero-order valence-corrected chi connectivity index (χ0v) is 14.4. The minimum atomic E-state index is -0.519. The van der Waals surface area contributed by atoms with Crippen molar-refractivity contribution in [2.75, 3.05) is 12.5 Å². The van der Waals surface area contributed by atoms with Crippen LogP contribution in [0.25, 0.3) is 0 Å². The van der Waals surface area contributed by atoms with Crippen LogP contribution in [0.1, 0.15) is 5.56 Å². The normalized spacial score (nSPS) is 10.6. The largest absolute Gasteiger partial charge is 0.493 e. The Morgan fingerprint density at radius 3 is 2.59 bits per heavy atom. The molecule has 1 heterocycles. The molecule has 8 heteroatoms. The summed E-state index contributed by atoms with van der Waals surface area (Å²) in [6.07, 6.45) is 2.79. The van der Waals surface area contributed by atoms with Gasteiger partial charge in [-0.05, 0) is 35.9 Å². The molecule has 0 aliphatic carbocycles. The van der Waals surface area contributed by atoms with Crippen molar-refractivity contribution in [1.82, 2.24) is 4.98 Å². The van der Waals surface area contributed by atoms with E-state index in [1.54, 1.807) is 24.4 Å². The quantitative estimate of drug-likeness (QED) is 0.382. The Balaban J connectivity index is 1.71. The lowest BCUT2D eigenvalue weighted by atomic mass is 10.2. The number of ether oxygens (including phenoxy) is 2. The lowest BCUT2D eigenvalue weighted by molar-refractivity contribution is -0.385. The number of nitrogens with zero attached hydrogens (tertiary/aromatic N) is 3. The van der Waals surface area contributed by atoms with Crippen LogP contribution >= 0.6 is 0 Å². The molecule has 0 aliphatic heterocycles. The first kappa shape index (κ1) is 17.9. The molecule has 0 unspecified atom stereocenters. The molecular weight excluding hydrogens is 348 g/mol. The summed E-state index contributed by atoms with van der Waals surface area (Å²) in [4.78, 5) is 14.1. The molecule has 0 aliphatic rings. The molecule has 27 heavy (non-hydrogen) atoms. The molecule has 0 atom stereocenters. The number of rotatable bonds is 7. The topological polar surface area (TPSA) is 98.9 Å². The van der Waals surface area contributed by atoms with Crippen molar-refractivity contribution in [3.8, 4) is 17.4 Å². The summed E-state index contributed by atoms with van der Waals surface area (Å²) in [7, 11) is 1.52. The van der Waals surface area contributed by atoms with E-state index >= 15 is 0 Å². The molecule has 0 radical (unpaired) electrons. The molecule has 0 fully saturated rings. The highest BCUT2D eigenvalue weighted by Crippen LogP contribution is 2.31. The molecule has 1 N–H and O–H groups in total. The molecule has 8 nitrogen and oxygen atoms in total. The molecule has 2 aromatic carbocycles. The average Bonchev–Trinajstić information content (AvgIpc) is 2.70. The minimum absolute atomic E-state index is 0.105. The van der Waals surface area contributed by atoms with Crippen LogP contribution in [0.4, 0.5) is 11.4 Å². The van der Waals surface area contributed by atoms with E-state index in [0.717, 1.165) is 17.4 Å². The van der Waals surface area contributed by atoms with Crippen molar-refractivity contribution in [3.05, 3.63) is 82.5 Å². The number of pyridine rings is 1. The summed E-state index contributed by atoms with van der Waals surface area (Å²) >= 11 is 0. The van der Waals surface area contributed by atoms with Gasteiger partial charge in [0.15, 0.2) is 11.5 Å². The molecular formula is C19H16N4O4. The number of hydrogen-bond donors (Lipinski definition) is 1. The number of benzene rings is 2. The van der Waals surface area contributed by atoms with Gasteiger partial charge in [-0.3, -0.25) is 15.5 Å². The second kappa shape index (κ2) is 8.43. The second-order valence-electron chi connectivity index (χ2n) is 5.36. The van der Waals surface area contributed by atoms with E-state index in [0.29, 0.717) is 11.5 Å². The molecule has 3 rings (SSSR count). The number of hydrazone groups is 1. The van der Waals surface area contributed by atoms with Crippen molar-refractivity contribution < 1.29 is 14.4 Å². The third kappa shape index (κ3) is 4.79. The summed E-state index contributed by atoms with van der Waals surface area (Å²) in [5, 5.41) is 14.9. The van der Waals surface area contributed by atoms with E-state index in [-0.39, 0.29) is 11.6 Å². The Kier molecular flexibility index (Phi) is 5.58. The maximum Gasteiger partial charge on any atom is 0.287 e. The highest BCUT2D eigenvalue weighted by Gasteiger charge is 2.10. The molecule has 0 spiro atoms. The molecule has 3 aromatic rings. The zero-order valence-electron chi connectivity index (χ0n) is 14.4. The lowest BCUT2D eigenvalue weighted by Gasteiger charge is -2.10. The Morgan fingerprint density at radius 2 is 1.93 bits per heavy atom. The number of nitrogens with one attached hydrogen (secondary N) is 1. The van der Waals surface area contributed by atoms with Crippen LogP contribution in [0.15, 0.2) is 72.0 Å². The van der Waals surface area contributed by atoms with Gasteiger partial charge in [-0.25, -0.2) is 4.98 Å². The standard InChI is InChI=1S/C19H16N4O4/c1-26-18-11-14(12-21-22-15-5-3-2-4-6-15)7-9-17(18)27-19-10-8-16(13-20-19)23(24)25/h2-13,22H,1H3/b21-12-. The first-order valence-electron chi connectivity index (χ1n) is 7.96. The van der Waals surface area contributed by atoms with Gasteiger partial charge in [0.25, 0.3) is 5.69 Å². The van der Waals surface area contributed by atoms with Gasteiger partial charge < -0.3 is 9.47 Å². The van der Waals surface area contributed by atoms with Crippen molar-refractivity contribution in [2.45, 2.75) is 0 Å². The maximum atomic E-state index is 10.7. The monoisotopic (exact) mass is 364 g/mol. The highest BCUT2D eigenvalue weighted by molar-refractivity contribution is 5.81. The Morgan fingerprint density at radius 1 is 1.11 bits per heavy atom. The van der Waals surface area contributed by atoms with Gasteiger partial charge in [0, 0.05) is 12.1 Å². The van der Waals surface area contributed by atoms with Crippen molar-refractivity contribution in [3.63, 3.8) is 0 Å². The maximum absolute atomic E-state index is 10.7. The van der Waals surface area contributed by atoms with Crippen molar-refractivity contribution >= 4 is 17.6 Å². The average molecular weight is 364 g/mol. The first-order chi connectivity index (χ1) is 13.2. The van der Waals surface area contributed by atoms with Crippen LogP contribution in [0.3, 0.4) is 0 Å². The zero-order chi connectivity index (χ0) is 19.1. The number of anilines is 1. The summed E-state index contributed by atoms with van der Waals surface area (Å²) < 4.78 is 11.0. The van der Waals surface area contributed by atoms with Gasteiger partial charge in [0.1, 0.15) is 6.20 Å². The number of nitro groups is 1. The van der Waals surface area contributed by atoms with Crippen LogP contribution in [0.2, 0.25) is 0 Å². The van der Waals surface area contributed by atoms with E-state index < -0.39 is 4.92 Å². The fraction of sp³-hybridized carbons (Fsp3) is 0.0526. The van der Waals surface area contributed by atoms with Crippen molar-refractivity contribution in [1.29, 1.82) is 0 Å². The lowest BCUT2D eigenvalue weighted by Crippen LogP contribution is -1.95. The van der Waals surface area contributed by atoms with E-state index in [4.69, 9.17) is 9.47 Å². The van der Waals surface area contributed by atoms with Crippen LogP contribution in [0.5, 0.6) is 17.4 Å². The summed E-state index contributed by atoms with van der Waals surface area (Å²) in [6, 6.07) is 17.6.